The molecule has 3 N–H and O–H groups in total. The van der Waals surface area contributed by atoms with Crippen molar-refractivity contribution in [2.24, 2.45) is 11.7 Å². The van der Waals surface area contributed by atoms with E-state index in [-0.39, 0.29) is 6.61 Å². The van der Waals surface area contributed by atoms with Gasteiger partial charge in [0.15, 0.2) is 0 Å². The van der Waals surface area contributed by atoms with E-state index in [9.17, 15) is 4.79 Å². The first-order valence-corrected chi connectivity index (χ1v) is 11.4. The van der Waals surface area contributed by atoms with Crippen LogP contribution >= 0.6 is 0 Å². The van der Waals surface area contributed by atoms with Gasteiger partial charge in [0.2, 0.25) is 0 Å². The molecule has 6 heteroatoms. The summed E-state index contributed by atoms with van der Waals surface area (Å²) >= 11 is 0. The summed E-state index contributed by atoms with van der Waals surface area (Å²) in [7, 11) is 0. The Morgan fingerprint density at radius 1 is 1.03 bits per heavy atom. The number of aliphatic carboxylic acids is 1. The minimum atomic E-state index is -0.923. The molecule has 0 amide bonds. The molecule has 0 aliphatic carbocycles. The largest absolute Gasteiger partial charge is 0.480 e. The van der Waals surface area contributed by atoms with E-state index in [0.717, 1.165) is 47.5 Å². The first-order valence-electron chi connectivity index (χ1n) is 11.4. The fraction of sp³-hybridized carbons (Fsp3) is 0.370. The van der Waals surface area contributed by atoms with Crippen molar-refractivity contribution in [3.63, 3.8) is 0 Å². The summed E-state index contributed by atoms with van der Waals surface area (Å²) in [6, 6.07) is 18.7. The average molecular weight is 450 g/mol. The molecule has 3 aromatic rings. The molecule has 33 heavy (non-hydrogen) atoms. The predicted octanol–water partition coefficient (Wildman–Crippen LogP) is 5.14. The molecule has 0 bridgehead atoms. The minimum Gasteiger partial charge on any atom is -0.480 e. The normalized spacial score (nSPS) is 10.6. The number of unbranched alkanes of at least 4 members (excludes halogenated alkanes) is 1. The van der Waals surface area contributed by atoms with E-state index in [4.69, 9.17) is 25.5 Å². The van der Waals surface area contributed by atoms with Crippen LogP contribution in [0.5, 0.6) is 0 Å². The Hall–Kier alpha value is -3.09. The number of ether oxygens (including phenoxy) is 1. The summed E-state index contributed by atoms with van der Waals surface area (Å²) in [6.45, 7) is 7.45. The number of carboxylic acid groups (broad SMARTS) is 1. The second-order valence-electron chi connectivity index (χ2n) is 8.28. The number of rotatable bonds is 10. The lowest BCUT2D eigenvalue weighted by Crippen LogP contribution is -2.08. The summed E-state index contributed by atoms with van der Waals surface area (Å²) in [6.07, 6.45) is 4.60. The predicted molar refractivity (Wildman–Crippen MR) is 133 cm³/mol. The zero-order chi connectivity index (χ0) is 24.1. The molecular weight excluding hydrogens is 414 g/mol. The maximum atomic E-state index is 9.88. The molecule has 0 atom stereocenters. The third-order valence-corrected chi connectivity index (χ3v) is 4.86. The van der Waals surface area contributed by atoms with Gasteiger partial charge in [-0.3, -0.25) is 4.98 Å². The van der Waals surface area contributed by atoms with Crippen molar-refractivity contribution in [3.05, 3.63) is 72.1 Å². The highest BCUT2D eigenvalue weighted by Crippen LogP contribution is 2.31. The van der Waals surface area contributed by atoms with Crippen molar-refractivity contribution in [1.29, 1.82) is 0 Å². The lowest BCUT2D eigenvalue weighted by atomic mass is 9.99. The van der Waals surface area contributed by atoms with E-state index in [1.807, 2.05) is 24.4 Å². The maximum Gasteiger partial charge on any atom is 0.329 e. The molecule has 176 valence electrons. The minimum absolute atomic E-state index is 0.204. The number of aryl methyl sites for hydroxylation is 1. The number of hydrogen-bond acceptors (Lipinski definition) is 5. The molecule has 0 radical (unpaired) electrons. The number of carbonyl (C=O) groups is 1. The van der Waals surface area contributed by atoms with Crippen LogP contribution in [0, 0.1) is 12.8 Å². The van der Waals surface area contributed by atoms with Crippen LogP contribution in [-0.2, 0) is 16.0 Å². The molecule has 0 unspecified atom stereocenters. The molecular formula is C27H35N3O3. The fourth-order valence-electron chi connectivity index (χ4n) is 3.28. The van der Waals surface area contributed by atoms with Gasteiger partial charge in [0, 0.05) is 23.9 Å². The second kappa shape index (κ2) is 14.1. The topological polar surface area (TPSA) is 98.3 Å². The molecule has 0 aliphatic rings. The van der Waals surface area contributed by atoms with E-state index in [0.29, 0.717) is 19.1 Å². The zero-order valence-electron chi connectivity index (χ0n) is 19.8. The molecule has 3 rings (SSSR count). The Morgan fingerprint density at radius 3 is 2.36 bits per heavy atom. The summed E-state index contributed by atoms with van der Waals surface area (Å²) in [5.41, 5.74) is 11.7. The van der Waals surface area contributed by atoms with Crippen LogP contribution < -0.4 is 5.73 Å². The van der Waals surface area contributed by atoms with Gasteiger partial charge >= 0.3 is 5.97 Å². The van der Waals surface area contributed by atoms with Crippen molar-refractivity contribution < 1.29 is 14.6 Å². The quantitative estimate of drug-likeness (QED) is 0.416. The lowest BCUT2D eigenvalue weighted by molar-refractivity contribution is -0.142. The Morgan fingerprint density at radius 2 is 1.73 bits per heavy atom. The molecule has 6 nitrogen and oxygen atoms in total. The Labute approximate surface area is 196 Å². The Balaban J connectivity index is 0.000000328. The van der Waals surface area contributed by atoms with Crippen molar-refractivity contribution in [2.75, 3.05) is 19.8 Å². The van der Waals surface area contributed by atoms with Gasteiger partial charge in [0.05, 0.1) is 17.1 Å². The Bertz CT molecular complexity index is 991. The van der Waals surface area contributed by atoms with Crippen LogP contribution in [0.25, 0.3) is 22.5 Å². The summed E-state index contributed by atoms with van der Waals surface area (Å²) < 4.78 is 4.74. The number of hydrogen-bond donors (Lipinski definition) is 2. The maximum absolute atomic E-state index is 9.88. The van der Waals surface area contributed by atoms with Gasteiger partial charge in [-0.2, -0.15) is 0 Å². The monoisotopic (exact) mass is 449 g/mol. The molecule has 0 spiro atoms. The molecule has 1 aromatic heterocycles. The van der Waals surface area contributed by atoms with Gasteiger partial charge in [-0.1, -0.05) is 68.4 Å². The summed E-state index contributed by atoms with van der Waals surface area (Å²) in [5, 5.41) is 8.12. The van der Waals surface area contributed by atoms with Gasteiger partial charge < -0.3 is 15.6 Å². The van der Waals surface area contributed by atoms with Crippen LogP contribution in [0.15, 0.2) is 60.8 Å². The Kier molecular flexibility index (Phi) is 11.2. The zero-order valence-corrected chi connectivity index (χ0v) is 19.8. The molecule has 2 aromatic carbocycles. The van der Waals surface area contributed by atoms with E-state index in [1.165, 1.54) is 5.56 Å². The second-order valence-corrected chi connectivity index (χ2v) is 8.28. The van der Waals surface area contributed by atoms with Crippen molar-refractivity contribution >= 4 is 5.97 Å². The average Bonchev–Trinajstić information content (AvgIpc) is 2.80. The molecule has 0 fully saturated rings. The summed E-state index contributed by atoms with van der Waals surface area (Å²) in [5.74, 6) is -0.356. The fourth-order valence-corrected chi connectivity index (χ4v) is 3.28. The van der Waals surface area contributed by atoms with Gasteiger partial charge in [-0.25, -0.2) is 9.78 Å². The van der Waals surface area contributed by atoms with Crippen LogP contribution in [0.1, 0.15) is 37.9 Å². The number of nitrogens with zero attached hydrogens (tertiary/aromatic N) is 2. The molecule has 0 saturated carbocycles. The van der Waals surface area contributed by atoms with Crippen LogP contribution in [-0.4, -0.2) is 40.8 Å². The molecule has 0 saturated heterocycles. The SMILES string of the molecule is Cc1ccccc1-c1ncc(CC(C)C)nc1-c1ccccc1.NCCCCOCC(=O)O. The highest BCUT2D eigenvalue weighted by atomic mass is 16.5. The van der Waals surface area contributed by atoms with Crippen molar-refractivity contribution in [2.45, 2.75) is 40.0 Å². The van der Waals surface area contributed by atoms with Gasteiger partial charge in [-0.05, 0) is 44.2 Å². The first-order chi connectivity index (χ1) is 15.9. The van der Waals surface area contributed by atoms with E-state index < -0.39 is 5.97 Å². The number of aromatic nitrogens is 2. The third-order valence-electron chi connectivity index (χ3n) is 4.86. The third kappa shape index (κ3) is 9.12. The van der Waals surface area contributed by atoms with Crippen molar-refractivity contribution in [3.8, 4) is 22.5 Å². The summed E-state index contributed by atoms with van der Waals surface area (Å²) in [4.78, 5) is 19.6. The molecule has 1 heterocycles. The van der Waals surface area contributed by atoms with Gasteiger partial charge in [0.1, 0.15) is 6.61 Å². The number of benzene rings is 2. The van der Waals surface area contributed by atoms with Crippen molar-refractivity contribution in [1.82, 2.24) is 9.97 Å². The highest BCUT2D eigenvalue weighted by molar-refractivity contribution is 5.79. The standard InChI is InChI=1S/C21H22N2.C6H13NO3/c1-15(2)13-18-14-22-21(19-12-8-7-9-16(19)3)20(23-18)17-10-5-4-6-11-17;7-3-1-2-4-10-5-6(8)9/h4-12,14-15H,13H2,1-3H3;1-5,7H2,(H,8,9). The van der Waals surface area contributed by atoms with E-state index in [1.54, 1.807) is 0 Å². The van der Waals surface area contributed by atoms with Crippen LogP contribution in [0.4, 0.5) is 0 Å². The first kappa shape index (κ1) is 26.2. The van der Waals surface area contributed by atoms with Crippen LogP contribution in [0.2, 0.25) is 0 Å². The lowest BCUT2D eigenvalue weighted by Gasteiger charge is -2.13. The highest BCUT2D eigenvalue weighted by Gasteiger charge is 2.14. The smallest absolute Gasteiger partial charge is 0.329 e. The molecule has 0 aliphatic heterocycles. The number of carboxylic acids is 1. The number of nitrogens with two attached hydrogens (primary N) is 1. The van der Waals surface area contributed by atoms with Gasteiger partial charge in [-0.15, -0.1) is 0 Å². The van der Waals surface area contributed by atoms with Gasteiger partial charge in [0.25, 0.3) is 0 Å². The van der Waals surface area contributed by atoms with E-state index in [2.05, 4.69) is 57.2 Å². The van der Waals surface area contributed by atoms with E-state index >= 15 is 0 Å². The van der Waals surface area contributed by atoms with Crippen LogP contribution in [0.3, 0.4) is 0 Å².